The van der Waals surface area contributed by atoms with Gasteiger partial charge in [0.15, 0.2) is 0 Å². The molecule has 38 heavy (non-hydrogen) atoms. The minimum atomic E-state index is 0.196. The van der Waals surface area contributed by atoms with Crippen molar-refractivity contribution < 1.29 is 9.47 Å². The summed E-state index contributed by atoms with van der Waals surface area (Å²) in [4.78, 5) is 7.56. The van der Waals surface area contributed by atoms with Gasteiger partial charge in [0.25, 0.3) is 0 Å². The molecule has 0 N–H and O–H groups in total. The van der Waals surface area contributed by atoms with E-state index < -0.39 is 0 Å². The molecule has 9 nitrogen and oxygen atoms in total. The Morgan fingerprint density at radius 3 is 2.39 bits per heavy atom. The highest BCUT2D eigenvalue weighted by molar-refractivity contribution is 6.34. The molecule has 3 saturated carbocycles. The zero-order valence-corrected chi connectivity index (χ0v) is 22.9. The van der Waals surface area contributed by atoms with Crippen LogP contribution in [0.3, 0.4) is 0 Å². The van der Waals surface area contributed by atoms with E-state index in [1.54, 1.807) is 0 Å². The molecular formula is C28H36ClN7O2. The third-order valence-corrected chi connectivity index (χ3v) is 10.2. The summed E-state index contributed by atoms with van der Waals surface area (Å²) in [6.45, 7) is 13.0. The molecule has 0 amide bonds. The Kier molecular flexibility index (Phi) is 5.25. The molecule has 2 bridgehead atoms. The minimum absolute atomic E-state index is 0.196. The van der Waals surface area contributed by atoms with Crippen LogP contribution in [0.15, 0.2) is 30.7 Å². The largest absolute Gasteiger partial charge is 0.379 e. The van der Waals surface area contributed by atoms with Crippen molar-refractivity contribution in [2.45, 2.75) is 37.3 Å². The van der Waals surface area contributed by atoms with Crippen molar-refractivity contribution in [2.75, 3.05) is 77.1 Å². The van der Waals surface area contributed by atoms with Crippen molar-refractivity contribution in [3.63, 3.8) is 0 Å². The zero-order chi connectivity index (χ0) is 25.5. The molecule has 0 radical (unpaired) electrons. The highest BCUT2D eigenvalue weighted by atomic mass is 35.5. The van der Waals surface area contributed by atoms with Gasteiger partial charge in [-0.2, -0.15) is 10.2 Å². The Labute approximate surface area is 228 Å². The lowest BCUT2D eigenvalue weighted by molar-refractivity contribution is -0.206. The first-order chi connectivity index (χ1) is 18.4. The highest BCUT2D eigenvalue weighted by Crippen LogP contribution is 2.71. The van der Waals surface area contributed by atoms with E-state index in [0.717, 1.165) is 93.0 Å². The van der Waals surface area contributed by atoms with E-state index in [0.29, 0.717) is 5.41 Å². The van der Waals surface area contributed by atoms with Crippen molar-refractivity contribution >= 4 is 28.2 Å². The van der Waals surface area contributed by atoms with Crippen molar-refractivity contribution in [1.82, 2.24) is 29.4 Å². The lowest BCUT2D eigenvalue weighted by Crippen LogP contribution is -2.71. The number of benzene rings is 1. The second kappa shape index (κ2) is 8.41. The average molecular weight is 538 g/mol. The van der Waals surface area contributed by atoms with Crippen molar-refractivity contribution in [3.8, 4) is 5.69 Å². The number of rotatable bonds is 6. The Morgan fingerprint density at radius 1 is 0.921 bits per heavy atom. The number of morpholine rings is 1. The van der Waals surface area contributed by atoms with Crippen LogP contribution in [0.2, 0.25) is 5.02 Å². The van der Waals surface area contributed by atoms with Gasteiger partial charge in [-0.3, -0.25) is 14.5 Å². The van der Waals surface area contributed by atoms with Gasteiger partial charge in [0.1, 0.15) is 5.69 Å². The minimum Gasteiger partial charge on any atom is -0.379 e. The number of ether oxygens (including phenoxy) is 2. The number of nitrogens with zero attached hydrogens (tertiary/aromatic N) is 7. The Bertz CT molecular complexity index is 1350. The molecule has 6 aliphatic rings. The monoisotopic (exact) mass is 537 g/mol. The van der Waals surface area contributed by atoms with Gasteiger partial charge in [-0.25, -0.2) is 4.68 Å². The molecule has 2 aromatic heterocycles. The molecule has 1 aromatic carbocycles. The molecule has 0 spiro atoms. The predicted molar refractivity (Wildman–Crippen MR) is 146 cm³/mol. The molecular weight excluding hydrogens is 502 g/mol. The van der Waals surface area contributed by atoms with Crippen LogP contribution >= 0.6 is 11.6 Å². The Hall–Kier alpha value is -2.17. The van der Waals surface area contributed by atoms with E-state index in [9.17, 15) is 0 Å². The molecule has 3 aliphatic heterocycles. The number of fused-ring (bicyclic) bond motifs is 1. The Balaban J connectivity index is 0.991. The first-order valence-corrected chi connectivity index (χ1v) is 14.4. The van der Waals surface area contributed by atoms with Crippen molar-refractivity contribution in [1.29, 1.82) is 0 Å². The van der Waals surface area contributed by atoms with E-state index in [2.05, 4.69) is 44.6 Å². The SMILES string of the molecule is CC1(N2CCN(c3cc4c(cnn4-c4cnn(C56CC(CN7CCOCC7)(C5)C6)c4)cc3Cl)CC2)COC1. The second-order valence-electron chi connectivity index (χ2n) is 12.7. The summed E-state index contributed by atoms with van der Waals surface area (Å²) >= 11 is 6.80. The molecule has 202 valence electrons. The highest BCUT2D eigenvalue weighted by Gasteiger charge is 2.69. The Morgan fingerprint density at radius 2 is 1.68 bits per heavy atom. The van der Waals surface area contributed by atoms with E-state index in [-0.39, 0.29) is 11.1 Å². The summed E-state index contributed by atoms with van der Waals surface area (Å²) in [5.41, 5.74) is 4.06. The maximum atomic E-state index is 6.80. The van der Waals surface area contributed by atoms with Crippen LogP contribution in [0.5, 0.6) is 0 Å². The van der Waals surface area contributed by atoms with Crippen LogP contribution in [0.4, 0.5) is 5.69 Å². The summed E-state index contributed by atoms with van der Waals surface area (Å²) < 4.78 is 15.3. The lowest BCUT2D eigenvalue weighted by Gasteiger charge is -2.71. The summed E-state index contributed by atoms with van der Waals surface area (Å²) in [5.74, 6) is 0. The maximum Gasteiger partial charge on any atom is 0.103 e. The topological polar surface area (TPSA) is 63.8 Å². The molecule has 0 atom stereocenters. The summed E-state index contributed by atoms with van der Waals surface area (Å²) in [5, 5.41) is 11.4. The fourth-order valence-electron chi connectivity index (χ4n) is 7.82. The van der Waals surface area contributed by atoms with E-state index >= 15 is 0 Å². The van der Waals surface area contributed by atoms with Gasteiger partial charge in [-0.05, 0) is 43.7 Å². The molecule has 0 unspecified atom stereocenters. The third kappa shape index (κ3) is 3.59. The number of hydrogen-bond acceptors (Lipinski definition) is 7. The smallest absolute Gasteiger partial charge is 0.103 e. The van der Waals surface area contributed by atoms with E-state index in [4.69, 9.17) is 31.3 Å². The van der Waals surface area contributed by atoms with Crippen LogP contribution in [0, 0.1) is 5.41 Å². The number of anilines is 1. The van der Waals surface area contributed by atoms with Gasteiger partial charge >= 0.3 is 0 Å². The third-order valence-electron chi connectivity index (χ3n) is 9.92. The summed E-state index contributed by atoms with van der Waals surface area (Å²) in [6.07, 6.45) is 9.77. The zero-order valence-electron chi connectivity index (χ0n) is 22.1. The van der Waals surface area contributed by atoms with Gasteiger partial charge in [0.2, 0.25) is 0 Å². The quantitative estimate of drug-likeness (QED) is 0.479. The second-order valence-corrected chi connectivity index (χ2v) is 13.1. The van der Waals surface area contributed by atoms with Gasteiger partial charge in [-0.1, -0.05) is 11.6 Å². The van der Waals surface area contributed by atoms with Gasteiger partial charge < -0.3 is 14.4 Å². The molecule has 5 heterocycles. The predicted octanol–water partition coefficient (Wildman–Crippen LogP) is 3.00. The molecule has 10 heteroatoms. The lowest BCUT2D eigenvalue weighted by atomic mass is 9.39. The molecule has 6 fully saturated rings. The van der Waals surface area contributed by atoms with Gasteiger partial charge in [0.05, 0.1) is 72.3 Å². The van der Waals surface area contributed by atoms with E-state index in [1.807, 2.05) is 17.1 Å². The van der Waals surface area contributed by atoms with Crippen LogP contribution in [0.1, 0.15) is 26.2 Å². The standard InChI is InChI=1S/C28H36ClN7O2/c1-26(19-38-20-26)34-4-2-33(3-5-34)25-11-24-21(10-23(25)29)12-31-36(24)22-13-30-35(14-22)28-15-27(16-28,17-28)18-32-6-8-37-9-7-32/h10-14H,2-9,15-20H2,1H3. The van der Waals surface area contributed by atoms with Crippen LogP contribution in [0.25, 0.3) is 16.6 Å². The van der Waals surface area contributed by atoms with E-state index in [1.165, 1.54) is 25.8 Å². The summed E-state index contributed by atoms with van der Waals surface area (Å²) in [6, 6.07) is 4.27. The van der Waals surface area contributed by atoms with Crippen LogP contribution in [-0.2, 0) is 15.0 Å². The fraction of sp³-hybridized carbons (Fsp3) is 0.643. The number of halogens is 1. The fourth-order valence-corrected chi connectivity index (χ4v) is 8.11. The van der Waals surface area contributed by atoms with Crippen LogP contribution < -0.4 is 4.90 Å². The number of piperazine rings is 1. The van der Waals surface area contributed by atoms with Crippen molar-refractivity contribution in [3.05, 3.63) is 35.7 Å². The molecule has 9 rings (SSSR count). The van der Waals surface area contributed by atoms with Crippen molar-refractivity contribution in [2.24, 2.45) is 5.41 Å². The first kappa shape index (κ1) is 23.7. The van der Waals surface area contributed by atoms with Crippen LogP contribution in [-0.4, -0.2) is 107 Å². The number of hydrogen-bond donors (Lipinski definition) is 0. The first-order valence-electron chi connectivity index (χ1n) is 14.1. The van der Waals surface area contributed by atoms with Gasteiger partial charge in [0, 0.05) is 51.2 Å². The molecule has 3 aromatic rings. The average Bonchev–Trinajstić information content (AvgIpc) is 3.51. The summed E-state index contributed by atoms with van der Waals surface area (Å²) in [7, 11) is 0. The maximum absolute atomic E-state index is 6.80. The molecule has 3 aliphatic carbocycles. The van der Waals surface area contributed by atoms with Gasteiger partial charge in [-0.15, -0.1) is 0 Å². The number of aromatic nitrogens is 4. The normalized spacial score (nSPS) is 31.2. The molecule has 3 saturated heterocycles.